The van der Waals surface area contributed by atoms with Gasteiger partial charge in [0.2, 0.25) is 5.95 Å². The fourth-order valence-corrected chi connectivity index (χ4v) is 3.52. The highest BCUT2D eigenvalue weighted by Crippen LogP contribution is 2.37. The van der Waals surface area contributed by atoms with E-state index in [0.717, 1.165) is 27.6 Å². The summed E-state index contributed by atoms with van der Waals surface area (Å²) in [6.07, 6.45) is 3.43. The second-order valence-corrected chi connectivity index (χ2v) is 6.32. The van der Waals surface area contributed by atoms with Crippen molar-refractivity contribution in [1.82, 2.24) is 9.97 Å². The van der Waals surface area contributed by atoms with Crippen LogP contribution in [0, 0.1) is 6.92 Å². The van der Waals surface area contributed by atoms with Crippen LogP contribution in [0.25, 0.3) is 21.7 Å². The number of fused-ring (bicyclic) bond motifs is 4. The van der Waals surface area contributed by atoms with E-state index in [0.29, 0.717) is 30.2 Å². The molecule has 6 nitrogen and oxygen atoms in total. The molecule has 2 aromatic heterocycles. The van der Waals surface area contributed by atoms with Gasteiger partial charge in [0.1, 0.15) is 11.3 Å². The molecule has 0 bridgehead atoms. The predicted octanol–water partition coefficient (Wildman–Crippen LogP) is 3.40. The highest BCUT2D eigenvalue weighted by Gasteiger charge is 2.24. The molecule has 0 fully saturated rings. The largest absolute Gasteiger partial charge is 0.472 e. The van der Waals surface area contributed by atoms with Crippen molar-refractivity contribution in [2.45, 2.75) is 13.5 Å². The summed E-state index contributed by atoms with van der Waals surface area (Å²) in [6.45, 7) is 2.90. The summed E-state index contributed by atoms with van der Waals surface area (Å²) in [6, 6.07) is 11.3. The van der Waals surface area contributed by atoms with Gasteiger partial charge in [-0.2, -0.15) is 0 Å². The Morgan fingerprint density at radius 2 is 1.81 bits per heavy atom. The van der Waals surface area contributed by atoms with Crippen LogP contribution in [0.5, 0.6) is 5.75 Å². The van der Waals surface area contributed by atoms with Crippen molar-refractivity contribution >= 4 is 27.7 Å². The molecule has 0 saturated heterocycles. The fraction of sp³-hybridized carbons (Fsp3) is 0.150. The minimum atomic E-state index is -0.328. The lowest BCUT2D eigenvalue weighted by Gasteiger charge is -2.30. The van der Waals surface area contributed by atoms with E-state index in [1.165, 1.54) is 0 Å². The Balaban J connectivity index is 1.73. The van der Waals surface area contributed by atoms with Crippen molar-refractivity contribution in [3.63, 3.8) is 0 Å². The lowest BCUT2D eigenvalue weighted by molar-refractivity contribution is 0.285. The topological polar surface area (TPSA) is 68.5 Å². The number of rotatable bonds is 1. The van der Waals surface area contributed by atoms with Gasteiger partial charge in [0, 0.05) is 28.9 Å². The number of aryl methyl sites for hydroxylation is 1. The minimum Gasteiger partial charge on any atom is -0.472 e. The zero-order chi connectivity index (χ0) is 17.7. The number of nitrogens with zero attached hydrogens (tertiary/aromatic N) is 3. The molecule has 0 unspecified atom stereocenters. The highest BCUT2D eigenvalue weighted by molar-refractivity contribution is 6.06. The van der Waals surface area contributed by atoms with Gasteiger partial charge in [-0.3, -0.25) is 0 Å². The van der Waals surface area contributed by atoms with Crippen LogP contribution in [-0.4, -0.2) is 16.7 Å². The molecule has 0 N–H and O–H groups in total. The van der Waals surface area contributed by atoms with E-state index in [9.17, 15) is 4.79 Å². The molecule has 5 rings (SSSR count). The molecule has 1 aliphatic heterocycles. The Bertz CT molecular complexity index is 1200. The zero-order valence-electron chi connectivity index (χ0n) is 14.1. The number of hydrogen-bond donors (Lipinski definition) is 0. The predicted molar refractivity (Wildman–Crippen MR) is 98.4 cm³/mol. The van der Waals surface area contributed by atoms with Crippen LogP contribution in [-0.2, 0) is 6.54 Å². The summed E-state index contributed by atoms with van der Waals surface area (Å²) < 4.78 is 11.6. The molecule has 0 amide bonds. The molecule has 2 aromatic carbocycles. The summed E-state index contributed by atoms with van der Waals surface area (Å²) in [5.41, 5.74) is 2.12. The Hall–Kier alpha value is -3.41. The van der Waals surface area contributed by atoms with E-state index in [-0.39, 0.29) is 5.63 Å². The van der Waals surface area contributed by atoms with Gasteiger partial charge < -0.3 is 14.1 Å². The fourth-order valence-electron chi connectivity index (χ4n) is 3.52. The van der Waals surface area contributed by atoms with Crippen LogP contribution < -0.4 is 15.3 Å². The van der Waals surface area contributed by atoms with Gasteiger partial charge >= 0.3 is 5.63 Å². The number of anilines is 1. The smallest absolute Gasteiger partial charge is 0.344 e. The Labute approximate surface area is 148 Å². The molecule has 0 spiro atoms. The molecule has 0 atom stereocenters. The Morgan fingerprint density at radius 3 is 2.62 bits per heavy atom. The average molecular weight is 345 g/mol. The van der Waals surface area contributed by atoms with Crippen molar-refractivity contribution in [3.05, 3.63) is 70.3 Å². The van der Waals surface area contributed by atoms with Gasteiger partial charge in [0.25, 0.3) is 0 Å². The van der Waals surface area contributed by atoms with Gasteiger partial charge in [0.05, 0.1) is 11.9 Å². The van der Waals surface area contributed by atoms with E-state index < -0.39 is 0 Å². The SMILES string of the molecule is Cc1c2c(cc3c1oc(=O)c1ccccc13)CN(c1ncccn1)CO2. The van der Waals surface area contributed by atoms with E-state index in [4.69, 9.17) is 9.15 Å². The molecule has 6 heteroatoms. The number of benzene rings is 2. The van der Waals surface area contributed by atoms with Gasteiger partial charge in [-0.25, -0.2) is 14.8 Å². The lowest BCUT2D eigenvalue weighted by Crippen LogP contribution is -2.33. The van der Waals surface area contributed by atoms with Crippen molar-refractivity contribution in [1.29, 1.82) is 0 Å². The Kier molecular flexibility index (Phi) is 3.18. The van der Waals surface area contributed by atoms with Gasteiger partial charge in [-0.05, 0) is 30.5 Å². The third-order valence-corrected chi connectivity index (χ3v) is 4.73. The lowest BCUT2D eigenvalue weighted by atomic mass is 10.00. The molecular formula is C20H15N3O3. The standard InChI is InChI=1S/C20H15N3O3/c1-12-17-13(10-23(11-25-17)20-21-7-4-8-22-20)9-16-14-5-2-3-6-15(14)19(24)26-18(12)16/h2-9H,10-11H2,1H3. The molecule has 128 valence electrons. The summed E-state index contributed by atoms with van der Waals surface area (Å²) >= 11 is 0. The molecule has 4 aromatic rings. The molecular weight excluding hydrogens is 330 g/mol. The number of ether oxygens (including phenoxy) is 1. The van der Waals surface area contributed by atoms with Crippen molar-refractivity contribution in [2.75, 3.05) is 11.6 Å². The van der Waals surface area contributed by atoms with Gasteiger partial charge in [-0.1, -0.05) is 18.2 Å². The second kappa shape index (κ2) is 5.56. The summed E-state index contributed by atoms with van der Waals surface area (Å²) in [4.78, 5) is 22.9. The molecule has 3 heterocycles. The minimum absolute atomic E-state index is 0.328. The first kappa shape index (κ1) is 14.9. The van der Waals surface area contributed by atoms with Crippen molar-refractivity contribution in [2.24, 2.45) is 0 Å². The quantitative estimate of drug-likeness (QED) is 0.389. The number of aromatic nitrogens is 2. The highest BCUT2D eigenvalue weighted by atomic mass is 16.5. The average Bonchev–Trinajstić information content (AvgIpc) is 2.70. The summed E-state index contributed by atoms with van der Waals surface area (Å²) in [7, 11) is 0. The van der Waals surface area contributed by atoms with Crippen LogP contribution >= 0.6 is 0 Å². The first-order chi connectivity index (χ1) is 12.7. The summed E-state index contributed by atoms with van der Waals surface area (Å²) in [5, 5.41) is 2.38. The van der Waals surface area contributed by atoms with Crippen molar-refractivity contribution < 1.29 is 9.15 Å². The van der Waals surface area contributed by atoms with Crippen LogP contribution in [0.3, 0.4) is 0 Å². The first-order valence-corrected chi connectivity index (χ1v) is 8.35. The number of hydrogen-bond acceptors (Lipinski definition) is 6. The first-order valence-electron chi connectivity index (χ1n) is 8.35. The van der Waals surface area contributed by atoms with E-state index in [1.54, 1.807) is 24.5 Å². The van der Waals surface area contributed by atoms with Crippen LogP contribution in [0.2, 0.25) is 0 Å². The maximum atomic E-state index is 12.3. The van der Waals surface area contributed by atoms with E-state index >= 15 is 0 Å². The third kappa shape index (κ3) is 2.15. The molecule has 0 radical (unpaired) electrons. The summed E-state index contributed by atoms with van der Waals surface area (Å²) in [5.74, 6) is 1.39. The van der Waals surface area contributed by atoms with Gasteiger partial charge in [0.15, 0.2) is 6.73 Å². The molecule has 1 aliphatic rings. The second-order valence-electron chi connectivity index (χ2n) is 6.32. The third-order valence-electron chi connectivity index (χ3n) is 4.73. The Morgan fingerprint density at radius 1 is 1.04 bits per heavy atom. The maximum absolute atomic E-state index is 12.3. The van der Waals surface area contributed by atoms with E-state index in [1.807, 2.05) is 36.1 Å². The van der Waals surface area contributed by atoms with Crippen molar-refractivity contribution in [3.8, 4) is 5.75 Å². The van der Waals surface area contributed by atoms with Crippen LogP contribution in [0.15, 0.2) is 58.0 Å². The molecule has 0 aliphatic carbocycles. The molecule has 26 heavy (non-hydrogen) atoms. The normalized spacial score (nSPS) is 13.7. The van der Waals surface area contributed by atoms with Crippen LogP contribution in [0.1, 0.15) is 11.1 Å². The van der Waals surface area contributed by atoms with E-state index in [2.05, 4.69) is 9.97 Å². The monoisotopic (exact) mass is 345 g/mol. The maximum Gasteiger partial charge on any atom is 0.344 e. The molecule has 0 saturated carbocycles. The van der Waals surface area contributed by atoms with Crippen LogP contribution in [0.4, 0.5) is 5.95 Å². The zero-order valence-corrected chi connectivity index (χ0v) is 14.1. The van der Waals surface area contributed by atoms with Gasteiger partial charge in [-0.15, -0.1) is 0 Å².